The van der Waals surface area contributed by atoms with E-state index < -0.39 is 9.84 Å². The molecule has 0 saturated heterocycles. The fourth-order valence-electron chi connectivity index (χ4n) is 2.04. The Kier molecular flexibility index (Phi) is 7.61. The Balaban J connectivity index is 0.00000242. The van der Waals surface area contributed by atoms with E-state index >= 15 is 0 Å². The third-order valence-corrected chi connectivity index (χ3v) is 5.33. The number of hydrogen-bond acceptors (Lipinski definition) is 3. The van der Waals surface area contributed by atoms with Crippen LogP contribution < -0.4 is 10.6 Å². The molecule has 0 heterocycles. The first-order valence-corrected chi connectivity index (χ1v) is 8.98. The summed E-state index contributed by atoms with van der Waals surface area (Å²) >= 11 is 0. The molecule has 5 nitrogen and oxygen atoms in total. The summed E-state index contributed by atoms with van der Waals surface area (Å²) in [5.74, 6) is 0.756. The van der Waals surface area contributed by atoms with Crippen molar-refractivity contribution < 1.29 is 8.42 Å². The van der Waals surface area contributed by atoms with Gasteiger partial charge in [0.1, 0.15) is 0 Å². The number of hydrogen-bond donors (Lipinski definition) is 2. The standard InChI is InChI=1S/C15H23N3O2S.HI/c1-3-12(17-15(16-2)18-13-9-10-13)11-21(19,20)14-7-5-4-6-8-14;/h4-8,12-13H,3,9-11H2,1-2H3,(H2,16,17,18);1H. The van der Waals surface area contributed by atoms with Gasteiger partial charge in [-0.15, -0.1) is 24.0 Å². The molecule has 1 aliphatic rings. The van der Waals surface area contributed by atoms with Gasteiger partial charge in [0.2, 0.25) is 0 Å². The van der Waals surface area contributed by atoms with Crippen molar-refractivity contribution in [3.8, 4) is 0 Å². The fraction of sp³-hybridized carbons (Fsp3) is 0.533. The van der Waals surface area contributed by atoms with Crippen LogP contribution in [0.3, 0.4) is 0 Å². The second kappa shape index (κ2) is 8.71. The van der Waals surface area contributed by atoms with Gasteiger partial charge in [-0.25, -0.2) is 8.42 Å². The van der Waals surface area contributed by atoms with Gasteiger partial charge in [-0.2, -0.15) is 0 Å². The lowest BCUT2D eigenvalue weighted by molar-refractivity contribution is 0.568. The van der Waals surface area contributed by atoms with E-state index in [4.69, 9.17) is 0 Å². The highest BCUT2D eigenvalue weighted by atomic mass is 127. The summed E-state index contributed by atoms with van der Waals surface area (Å²) in [5, 5.41) is 6.49. The second-order valence-electron chi connectivity index (χ2n) is 5.33. The number of aliphatic imine (C=N–C) groups is 1. The molecule has 2 rings (SSSR count). The maximum atomic E-state index is 12.4. The number of guanidine groups is 1. The summed E-state index contributed by atoms with van der Waals surface area (Å²) in [6.07, 6.45) is 3.02. The molecule has 1 atom stereocenters. The highest BCUT2D eigenvalue weighted by Gasteiger charge is 2.25. The van der Waals surface area contributed by atoms with E-state index in [1.54, 1.807) is 31.3 Å². The Morgan fingerprint density at radius 2 is 1.95 bits per heavy atom. The number of sulfone groups is 1. The molecular formula is C15H24IN3O2S. The van der Waals surface area contributed by atoms with Crippen molar-refractivity contribution in [3.63, 3.8) is 0 Å². The zero-order chi connectivity index (χ0) is 15.3. The van der Waals surface area contributed by atoms with Gasteiger partial charge in [-0.1, -0.05) is 25.1 Å². The van der Waals surface area contributed by atoms with Crippen molar-refractivity contribution in [1.29, 1.82) is 0 Å². The predicted octanol–water partition coefficient (Wildman–Crippen LogP) is 2.18. The van der Waals surface area contributed by atoms with Crippen LogP contribution in [0.25, 0.3) is 0 Å². The Labute approximate surface area is 149 Å². The highest BCUT2D eigenvalue weighted by Crippen LogP contribution is 2.18. The maximum absolute atomic E-state index is 12.4. The van der Waals surface area contributed by atoms with E-state index in [1.165, 1.54) is 0 Å². The average Bonchev–Trinajstić information content (AvgIpc) is 3.30. The summed E-state index contributed by atoms with van der Waals surface area (Å²) in [6.45, 7) is 1.97. The second-order valence-corrected chi connectivity index (χ2v) is 7.37. The minimum Gasteiger partial charge on any atom is -0.354 e. The molecule has 0 radical (unpaired) electrons. The van der Waals surface area contributed by atoms with Crippen LogP contribution in [-0.2, 0) is 9.84 Å². The lowest BCUT2D eigenvalue weighted by Gasteiger charge is -2.20. The van der Waals surface area contributed by atoms with E-state index in [-0.39, 0.29) is 35.8 Å². The van der Waals surface area contributed by atoms with E-state index in [9.17, 15) is 8.42 Å². The van der Waals surface area contributed by atoms with Gasteiger partial charge in [0, 0.05) is 19.1 Å². The molecule has 1 saturated carbocycles. The molecule has 0 aliphatic heterocycles. The predicted molar refractivity (Wildman–Crippen MR) is 101 cm³/mol. The van der Waals surface area contributed by atoms with Gasteiger partial charge in [-0.3, -0.25) is 4.99 Å². The van der Waals surface area contributed by atoms with E-state index in [1.807, 2.05) is 13.0 Å². The monoisotopic (exact) mass is 437 g/mol. The highest BCUT2D eigenvalue weighted by molar-refractivity contribution is 14.0. The third-order valence-electron chi connectivity index (χ3n) is 3.50. The number of halogens is 1. The molecule has 0 bridgehead atoms. The van der Waals surface area contributed by atoms with Gasteiger partial charge in [0.25, 0.3) is 0 Å². The third kappa shape index (κ3) is 5.75. The van der Waals surface area contributed by atoms with E-state index in [2.05, 4.69) is 15.6 Å². The molecule has 22 heavy (non-hydrogen) atoms. The first kappa shape index (κ1) is 19.2. The van der Waals surface area contributed by atoms with Crippen LogP contribution in [0.1, 0.15) is 26.2 Å². The van der Waals surface area contributed by atoms with Crippen LogP contribution in [0, 0.1) is 0 Å². The molecule has 1 aliphatic carbocycles. The molecule has 124 valence electrons. The molecule has 1 aromatic carbocycles. The Morgan fingerprint density at radius 1 is 1.32 bits per heavy atom. The summed E-state index contributed by atoms with van der Waals surface area (Å²) < 4.78 is 24.8. The topological polar surface area (TPSA) is 70.6 Å². The number of rotatable bonds is 6. The molecule has 0 aromatic heterocycles. The van der Waals surface area contributed by atoms with Crippen LogP contribution in [0.4, 0.5) is 0 Å². The van der Waals surface area contributed by atoms with Gasteiger partial charge in [0.05, 0.1) is 10.6 Å². The Hall–Kier alpha value is -0.830. The van der Waals surface area contributed by atoms with Crippen molar-refractivity contribution in [2.45, 2.75) is 43.2 Å². The summed E-state index contributed by atoms with van der Waals surface area (Å²) in [7, 11) is -1.58. The number of nitrogens with zero attached hydrogens (tertiary/aromatic N) is 1. The molecule has 1 fully saturated rings. The first-order chi connectivity index (χ1) is 10.0. The minimum absolute atomic E-state index is 0. The maximum Gasteiger partial charge on any atom is 0.191 e. The zero-order valence-electron chi connectivity index (χ0n) is 13.0. The summed E-state index contributed by atoms with van der Waals surface area (Å²) in [4.78, 5) is 4.53. The van der Waals surface area contributed by atoms with Gasteiger partial charge >= 0.3 is 0 Å². The van der Waals surface area contributed by atoms with Gasteiger partial charge in [-0.05, 0) is 31.4 Å². The fourth-order valence-corrected chi connectivity index (χ4v) is 3.65. The number of benzene rings is 1. The smallest absolute Gasteiger partial charge is 0.191 e. The lowest BCUT2D eigenvalue weighted by Crippen LogP contribution is -2.46. The SMILES string of the molecule is CCC(CS(=O)(=O)c1ccccc1)NC(=NC)NC1CC1.I. The van der Waals surface area contributed by atoms with Crippen molar-refractivity contribution >= 4 is 39.8 Å². The molecule has 2 N–H and O–H groups in total. The largest absolute Gasteiger partial charge is 0.354 e. The van der Waals surface area contributed by atoms with Crippen LogP contribution in [0.5, 0.6) is 0 Å². The minimum atomic E-state index is -3.28. The molecule has 1 unspecified atom stereocenters. The van der Waals surface area contributed by atoms with E-state index in [0.29, 0.717) is 16.9 Å². The molecule has 0 spiro atoms. The van der Waals surface area contributed by atoms with Crippen molar-refractivity contribution in [1.82, 2.24) is 10.6 Å². The Bertz CT molecular complexity index is 586. The first-order valence-electron chi connectivity index (χ1n) is 7.33. The van der Waals surface area contributed by atoms with Crippen molar-refractivity contribution in [3.05, 3.63) is 30.3 Å². The van der Waals surface area contributed by atoms with Crippen molar-refractivity contribution in [2.75, 3.05) is 12.8 Å². The quantitative estimate of drug-likeness (QED) is 0.407. The molecular weight excluding hydrogens is 413 g/mol. The van der Waals surface area contributed by atoms with Crippen LogP contribution in [0.15, 0.2) is 40.2 Å². The average molecular weight is 437 g/mol. The molecule has 1 aromatic rings. The summed E-state index contributed by atoms with van der Waals surface area (Å²) in [5.41, 5.74) is 0. The molecule has 0 amide bonds. The van der Waals surface area contributed by atoms with Gasteiger partial charge < -0.3 is 10.6 Å². The van der Waals surface area contributed by atoms with Gasteiger partial charge in [0.15, 0.2) is 15.8 Å². The summed E-state index contributed by atoms with van der Waals surface area (Å²) in [6, 6.07) is 8.91. The van der Waals surface area contributed by atoms with Crippen LogP contribution in [-0.4, -0.2) is 39.3 Å². The van der Waals surface area contributed by atoms with Crippen LogP contribution >= 0.6 is 24.0 Å². The normalized spacial score (nSPS) is 16.5. The molecule has 7 heteroatoms. The zero-order valence-corrected chi connectivity index (χ0v) is 16.1. The number of nitrogens with one attached hydrogen (secondary N) is 2. The lowest BCUT2D eigenvalue weighted by atomic mass is 10.3. The Morgan fingerprint density at radius 3 is 2.45 bits per heavy atom. The van der Waals surface area contributed by atoms with E-state index in [0.717, 1.165) is 19.3 Å². The van der Waals surface area contributed by atoms with Crippen LogP contribution in [0.2, 0.25) is 0 Å². The van der Waals surface area contributed by atoms with Crippen molar-refractivity contribution in [2.24, 2.45) is 4.99 Å².